The predicted molar refractivity (Wildman–Crippen MR) is 117 cm³/mol. The first-order valence-electron chi connectivity index (χ1n) is 10.3. The molecular weight excluding hydrogens is 398 g/mol. The highest BCUT2D eigenvalue weighted by molar-refractivity contribution is 6.05. The van der Waals surface area contributed by atoms with E-state index in [1.807, 2.05) is 37.4 Å². The molecule has 0 unspecified atom stereocenters. The van der Waals surface area contributed by atoms with Crippen molar-refractivity contribution >= 4 is 22.5 Å². The van der Waals surface area contributed by atoms with Crippen LogP contribution >= 0.6 is 0 Å². The van der Waals surface area contributed by atoms with Crippen molar-refractivity contribution < 1.29 is 9.90 Å². The SMILES string of the molecule is CCC(=O)N1N=C(c2c(O)n(C)c(=O)n(C)c2=O)C[C@H]1c1cn(CC)c2ccccc12. The van der Waals surface area contributed by atoms with E-state index in [2.05, 4.69) is 9.67 Å². The molecule has 4 rings (SSSR count). The Morgan fingerprint density at radius 1 is 1.16 bits per heavy atom. The number of aromatic nitrogens is 3. The minimum absolute atomic E-state index is 0.0553. The van der Waals surface area contributed by atoms with Crippen LogP contribution in [0.25, 0.3) is 10.9 Å². The zero-order chi connectivity index (χ0) is 22.4. The van der Waals surface area contributed by atoms with E-state index in [0.717, 1.165) is 32.1 Å². The maximum absolute atomic E-state index is 12.8. The van der Waals surface area contributed by atoms with Crippen LogP contribution in [-0.2, 0) is 25.4 Å². The van der Waals surface area contributed by atoms with Crippen LogP contribution in [0, 0.1) is 0 Å². The Labute approximate surface area is 178 Å². The molecule has 0 spiro atoms. The molecule has 0 saturated heterocycles. The van der Waals surface area contributed by atoms with Gasteiger partial charge in [-0.15, -0.1) is 0 Å². The molecule has 1 aliphatic heterocycles. The van der Waals surface area contributed by atoms with Crippen molar-refractivity contribution in [3.05, 3.63) is 62.4 Å². The number of hydrogen-bond acceptors (Lipinski definition) is 5. The number of carbonyl (C=O) groups is 1. The lowest BCUT2D eigenvalue weighted by atomic mass is 9.98. The first kappa shape index (κ1) is 20.6. The number of nitrogens with zero attached hydrogens (tertiary/aromatic N) is 5. The van der Waals surface area contributed by atoms with Gasteiger partial charge in [0.1, 0.15) is 5.56 Å². The van der Waals surface area contributed by atoms with Crippen LogP contribution in [-0.4, -0.2) is 35.4 Å². The van der Waals surface area contributed by atoms with Gasteiger partial charge in [0, 0.05) is 56.1 Å². The number of rotatable bonds is 4. The molecule has 0 radical (unpaired) electrons. The summed E-state index contributed by atoms with van der Waals surface area (Å²) in [5.41, 5.74) is 0.945. The first-order chi connectivity index (χ1) is 14.8. The molecule has 9 nitrogen and oxygen atoms in total. The van der Waals surface area contributed by atoms with Crippen LogP contribution in [0.4, 0.5) is 0 Å². The Bertz CT molecular complexity index is 1340. The molecule has 0 aliphatic carbocycles. The lowest BCUT2D eigenvalue weighted by molar-refractivity contribution is -0.132. The van der Waals surface area contributed by atoms with Crippen LogP contribution in [0.2, 0.25) is 0 Å². The van der Waals surface area contributed by atoms with Crippen LogP contribution in [0.1, 0.15) is 43.9 Å². The van der Waals surface area contributed by atoms with Crippen molar-refractivity contribution in [3.8, 4) is 5.88 Å². The Morgan fingerprint density at radius 3 is 2.55 bits per heavy atom. The van der Waals surface area contributed by atoms with Gasteiger partial charge in [-0.2, -0.15) is 5.10 Å². The largest absolute Gasteiger partial charge is 0.494 e. The van der Waals surface area contributed by atoms with Gasteiger partial charge in [-0.1, -0.05) is 25.1 Å². The van der Waals surface area contributed by atoms with Gasteiger partial charge in [0.05, 0.1) is 11.8 Å². The molecule has 1 amide bonds. The Hall–Kier alpha value is -3.62. The van der Waals surface area contributed by atoms with Gasteiger partial charge in [-0.3, -0.25) is 18.7 Å². The van der Waals surface area contributed by atoms with Crippen LogP contribution in [0.15, 0.2) is 45.2 Å². The molecular formula is C22H25N5O4. The second-order valence-electron chi connectivity index (χ2n) is 7.65. The highest BCUT2D eigenvalue weighted by Gasteiger charge is 2.36. The van der Waals surface area contributed by atoms with Crippen molar-refractivity contribution in [2.45, 2.75) is 39.3 Å². The van der Waals surface area contributed by atoms with E-state index >= 15 is 0 Å². The van der Waals surface area contributed by atoms with Gasteiger partial charge >= 0.3 is 5.69 Å². The fourth-order valence-corrected chi connectivity index (χ4v) is 4.18. The molecule has 0 fully saturated rings. The smallest absolute Gasteiger partial charge is 0.333 e. The third-order valence-corrected chi connectivity index (χ3v) is 5.91. The summed E-state index contributed by atoms with van der Waals surface area (Å²) < 4.78 is 4.04. The highest BCUT2D eigenvalue weighted by atomic mass is 16.3. The van der Waals surface area contributed by atoms with E-state index in [-0.39, 0.29) is 30.0 Å². The maximum Gasteiger partial charge on any atom is 0.333 e. The molecule has 1 aromatic carbocycles. The summed E-state index contributed by atoms with van der Waals surface area (Å²) in [5, 5.41) is 17.4. The second-order valence-corrected chi connectivity index (χ2v) is 7.65. The minimum atomic E-state index is -0.639. The van der Waals surface area contributed by atoms with Crippen molar-refractivity contribution in [1.82, 2.24) is 18.7 Å². The molecule has 2 aromatic heterocycles. The highest BCUT2D eigenvalue weighted by Crippen LogP contribution is 2.38. The van der Waals surface area contributed by atoms with Gasteiger partial charge in [-0.05, 0) is 13.0 Å². The second kappa shape index (κ2) is 7.57. The number of hydrazone groups is 1. The van der Waals surface area contributed by atoms with E-state index in [1.165, 1.54) is 19.1 Å². The van der Waals surface area contributed by atoms with Gasteiger partial charge in [0.2, 0.25) is 11.8 Å². The summed E-state index contributed by atoms with van der Waals surface area (Å²) in [5.74, 6) is -0.637. The minimum Gasteiger partial charge on any atom is -0.494 e. The molecule has 3 heterocycles. The summed E-state index contributed by atoms with van der Waals surface area (Å²) >= 11 is 0. The number of para-hydroxylation sites is 1. The molecule has 9 heteroatoms. The van der Waals surface area contributed by atoms with Gasteiger partial charge in [0.25, 0.3) is 5.56 Å². The average Bonchev–Trinajstić information content (AvgIpc) is 3.37. The normalized spacial score (nSPS) is 16.2. The Balaban J connectivity index is 1.89. The Kier molecular flexibility index (Phi) is 5.04. The predicted octanol–water partition coefficient (Wildman–Crippen LogP) is 1.85. The number of aryl methyl sites for hydroxylation is 1. The molecule has 0 bridgehead atoms. The Morgan fingerprint density at radius 2 is 1.87 bits per heavy atom. The topological polar surface area (TPSA) is 102 Å². The lowest BCUT2D eigenvalue weighted by Gasteiger charge is -2.21. The fraction of sp³-hybridized carbons (Fsp3) is 0.364. The number of benzene rings is 1. The number of fused-ring (bicyclic) bond motifs is 1. The van der Waals surface area contributed by atoms with Crippen LogP contribution in [0.3, 0.4) is 0 Å². The number of aromatic hydroxyl groups is 1. The number of amides is 1. The van der Waals surface area contributed by atoms with E-state index in [4.69, 9.17) is 0 Å². The number of carbonyl (C=O) groups excluding carboxylic acids is 1. The molecule has 3 aromatic rings. The van der Waals surface area contributed by atoms with Crippen molar-refractivity contribution in [2.75, 3.05) is 0 Å². The zero-order valence-corrected chi connectivity index (χ0v) is 18.0. The monoisotopic (exact) mass is 423 g/mol. The van der Waals surface area contributed by atoms with Gasteiger partial charge < -0.3 is 9.67 Å². The summed E-state index contributed by atoms with van der Waals surface area (Å²) in [4.78, 5) is 37.7. The van der Waals surface area contributed by atoms with Gasteiger partial charge in [-0.25, -0.2) is 9.80 Å². The molecule has 1 N–H and O–H groups in total. The summed E-state index contributed by atoms with van der Waals surface area (Å²) in [6, 6.07) is 7.53. The third kappa shape index (κ3) is 3.08. The average molecular weight is 423 g/mol. The van der Waals surface area contributed by atoms with Crippen molar-refractivity contribution in [1.29, 1.82) is 0 Å². The van der Waals surface area contributed by atoms with E-state index in [0.29, 0.717) is 0 Å². The van der Waals surface area contributed by atoms with E-state index in [9.17, 15) is 19.5 Å². The van der Waals surface area contributed by atoms with Crippen LogP contribution in [0.5, 0.6) is 5.88 Å². The summed E-state index contributed by atoms with van der Waals surface area (Å²) in [6.07, 6.45) is 2.52. The summed E-state index contributed by atoms with van der Waals surface area (Å²) in [7, 11) is 2.74. The van der Waals surface area contributed by atoms with Crippen molar-refractivity contribution in [2.24, 2.45) is 19.2 Å². The third-order valence-electron chi connectivity index (χ3n) is 5.91. The quantitative estimate of drug-likeness (QED) is 0.692. The fourth-order valence-electron chi connectivity index (χ4n) is 4.18. The summed E-state index contributed by atoms with van der Waals surface area (Å²) in [6.45, 7) is 4.57. The molecule has 0 saturated carbocycles. The van der Waals surface area contributed by atoms with Crippen molar-refractivity contribution in [3.63, 3.8) is 0 Å². The lowest BCUT2D eigenvalue weighted by Crippen LogP contribution is -2.39. The first-order valence-corrected chi connectivity index (χ1v) is 10.3. The van der Waals surface area contributed by atoms with Gasteiger partial charge in [0.15, 0.2) is 0 Å². The molecule has 1 atom stereocenters. The zero-order valence-electron chi connectivity index (χ0n) is 18.0. The van der Waals surface area contributed by atoms with Crippen LogP contribution < -0.4 is 11.2 Å². The standard InChI is InChI=1S/C22H25N5O4/c1-5-18(28)27-17(14-12-26(6-2)16-10-8-7-9-13(14)16)11-15(23-27)19-20(29)24(3)22(31)25(4)21(19)30/h7-10,12,17,29H,5-6,11H2,1-4H3/t17-/m0/s1. The molecule has 1 aliphatic rings. The maximum atomic E-state index is 12.8. The molecule has 31 heavy (non-hydrogen) atoms. The number of hydrogen-bond donors (Lipinski definition) is 1. The van der Waals surface area contributed by atoms with E-state index < -0.39 is 23.2 Å². The molecule has 162 valence electrons. The van der Waals surface area contributed by atoms with E-state index in [1.54, 1.807) is 6.92 Å².